The second-order valence-corrected chi connectivity index (χ2v) is 36.1. The predicted molar refractivity (Wildman–Crippen MR) is 451 cm³/mol. The first-order valence-electron chi connectivity index (χ1n) is 36.2. The van der Waals surface area contributed by atoms with Crippen LogP contribution in [0.2, 0.25) is 25.4 Å². The van der Waals surface area contributed by atoms with Gasteiger partial charge in [-0.1, -0.05) is 165 Å². The number of nitrogens with zero attached hydrogens (tertiary/aromatic N) is 5. The van der Waals surface area contributed by atoms with Crippen LogP contribution in [0.5, 0.6) is 5.75 Å². The van der Waals surface area contributed by atoms with Gasteiger partial charge in [-0.15, -0.1) is 5.10 Å². The van der Waals surface area contributed by atoms with Crippen molar-refractivity contribution in [2.45, 2.75) is 151 Å². The molecule has 2 aliphatic rings. The van der Waals surface area contributed by atoms with Crippen LogP contribution in [0.25, 0.3) is 0 Å². The molecule has 5 N–H and O–H groups in total. The fourth-order valence-electron chi connectivity index (χ4n) is 11.1. The Morgan fingerprint density at radius 3 is 1.92 bits per heavy atom. The van der Waals surface area contributed by atoms with E-state index in [0.29, 0.717) is 67.0 Å². The summed E-state index contributed by atoms with van der Waals surface area (Å²) in [6.07, 6.45) is 8.23. The highest BCUT2D eigenvalue weighted by atomic mass is 35.5. The molecular formula is C79H92Cl5N10O14S5-. The zero-order valence-electron chi connectivity index (χ0n) is 64.0. The number of ketones is 2. The number of benzene rings is 7. The minimum atomic E-state index is -4.54. The minimum absolute atomic E-state index is 0.0601. The summed E-state index contributed by atoms with van der Waals surface area (Å²) in [5, 5.41) is 11.2. The van der Waals surface area contributed by atoms with Gasteiger partial charge in [0.1, 0.15) is 17.5 Å². The lowest BCUT2D eigenvalue weighted by molar-refractivity contribution is -0.894. The van der Waals surface area contributed by atoms with Gasteiger partial charge in [0.25, 0.3) is 5.91 Å². The number of aryl methyl sites for hydroxylation is 2. The van der Waals surface area contributed by atoms with E-state index >= 15 is 0 Å². The molecule has 0 aliphatic carbocycles. The van der Waals surface area contributed by atoms with E-state index < -0.39 is 70.5 Å². The first-order chi connectivity index (χ1) is 53.5. The Morgan fingerprint density at radius 2 is 1.32 bits per heavy atom. The van der Waals surface area contributed by atoms with Crippen LogP contribution in [0.3, 0.4) is 0 Å². The number of hydrogen-bond acceptors (Lipinski definition) is 21. The van der Waals surface area contributed by atoms with Crippen molar-refractivity contribution in [2.75, 3.05) is 70.6 Å². The normalized spacial score (nSPS) is 14.5. The molecule has 3 amide bonds. The number of hydrogen-bond donors (Lipinski definition) is 5. The number of aromatic nitrogens is 3. The molecule has 8 aromatic rings. The zero-order valence-corrected chi connectivity index (χ0v) is 71.8. The van der Waals surface area contributed by atoms with Crippen LogP contribution in [0.1, 0.15) is 128 Å². The first kappa shape index (κ1) is 92.6. The number of rotatable bonds is 32. The molecule has 608 valence electrons. The highest BCUT2D eigenvalue weighted by Gasteiger charge is 2.38. The molecule has 0 saturated heterocycles. The van der Waals surface area contributed by atoms with Crippen LogP contribution >= 0.6 is 81.5 Å². The third-order valence-corrected chi connectivity index (χ3v) is 24.4. The third-order valence-electron chi connectivity index (χ3n) is 17.6. The Kier molecular flexibility index (Phi) is 36.0. The number of unbranched alkanes of at least 4 members (excludes halogenated alkanes) is 2. The summed E-state index contributed by atoms with van der Waals surface area (Å²) in [7, 11) is -9.07. The van der Waals surface area contributed by atoms with Gasteiger partial charge in [0.15, 0.2) is 17.6 Å². The Labute approximate surface area is 697 Å². The van der Waals surface area contributed by atoms with Crippen LogP contribution in [-0.4, -0.2) is 129 Å². The van der Waals surface area contributed by atoms with Gasteiger partial charge in [0.05, 0.1) is 112 Å². The van der Waals surface area contributed by atoms with Gasteiger partial charge < -0.3 is 44.5 Å². The molecular weight excluding hydrogens is 1650 g/mol. The van der Waals surface area contributed by atoms with Gasteiger partial charge >= 0.3 is 0 Å². The number of ether oxygens (including phenoxy) is 1. The fourth-order valence-corrected chi connectivity index (χ4v) is 15.8. The Hall–Kier alpha value is -7.59. The monoisotopic (exact) mass is 1740 g/mol. The van der Waals surface area contributed by atoms with Gasteiger partial charge in [-0.05, 0) is 187 Å². The summed E-state index contributed by atoms with van der Waals surface area (Å²) in [4.78, 5) is 74.5. The van der Waals surface area contributed by atoms with Gasteiger partial charge in [-0.2, -0.15) is 4.28 Å². The number of Topliss-reactive ketones (excluding diaryl/α,β-unsaturated/α-hetero) is 2. The maximum absolute atomic E-state index is 13.2. The molecule has 5 atom stereocenters. The Balaban J connectivity index is 0.000000227. The van der Waals surface area contributed by atoms with E-state index in [-0.39, 0.29) is 64.4 Å². The number of quaternary nitrogens is 1. The summed E-state index contributed by atoms with van der Waals surface area (Å²) < 4.78 is 94.2. The maximum Gasteiger partial charge on any atom is 0.257 e. The molecule has 0 bridgehead atoms. The molecule has 0 fully saturated rings. The highest BCUT2D eigenvalue weighted by molar-refractivity contribution is 8.04. The molecule has 10 rings (SSSR count). The van der Waals surface area contributed by atoms with Gasteiger partial charge in [0, 0.05) is 56.0 Å². The van der Waals surface area contributed by atoms with Crippen LogP contribution in [-0.2, 0) is 61.2 Å². The van der Waals surface area contributed by atoms with Crippen molar-refractivity contribution in [1.29, 1.82) is 0 Å². The largest absolute Gasteiger partial charge is 0.748 e. The smallest absolute Gasteiger partial charge is 0.257 e. The summed E-state index contributed by atoms with van der Waals surface area (Å²) in [5.74, 6) is -1.25. The third kappa shape index (κ3) is 28.7. The molecule has 2 aliphatic heterocycles. The number of carbonyl (C=O) groups excluding carboxylic acids is 5. The average molecular weight is 1740 g/mol. The molecule has 7 aromatic carbocycles. The molecule has 3 heterocycles. The second-order valence-electron chi connectivity index (χ2n) is 27.2. The molecule has 1 aromatic heterocycles. The van der Waals surface area contributed by atoms with Crippen molar-refractivity contribution in [2.24, 2.45) is 5.41 Å². The van der Waals surface area contributed by atoms with E-state index in [2.05, 4.69) is 71.3 Å². The summed E-state index contributed by atoms with van der Waals surface area (Å²) in [6.45, 7) is 22.6. The standard InChI is InChI=1S/C30H37Cl2N5O4.C22H19ClN2O4S.C21H22Cl2N2O6S4.C6H15N/c1-5-6-7-9-20-11-14-22(15-12-20)41-17-8-10-25(38)34-21-13-16-23(31)24(18-21)35-28(40)26(27(39)30(2,3)4)37-19-33-29(32)36-37;1-15-7-5-6-10-18(15)21(26)14-22(27)24-20-12-11-17(13-19(20)23)30(28)29-25-16-8-3-2-4-9-16;1-12(34(26,27)28)10-24-16-7-14(22)3-5-18(16)32-20(24)9-21-25(11-13(2)35(29,30)31)17-8-15(23)4-6-19(17)33-21;1-4-7(5-2)6-3/h11-16,18-19,26H,5-10,17H2,1-4H3,(H,34,38)(H,35,40);2-13,25H,14H2,1H3,(H,24,27);3-9,12-13,20H,10-11H2,1-2H3,(H,26,27,28)(H,29,30,31);4-6H2,1-3H3/p-1/b;;21-9-;. The van der Waals surface area contributed by atoms with E-state index in [0.717, 1.165) is 32.2 Å². The zero-order chi connectivity index (χ0) is 82.9. The molecule has 0 spiro atoms. The van der Waals surface area contributed by atoms with Crippen molar-refractivity contribution < 1.29 is 68.0 Å². The van der Waals surface area contributed by atoms with Crippen molar-refractivity contribution >= 4 is 176 Å². The molecule has 113 heavy (non-hydrogen) atoms. The summed E-state index contributed by atoms with van der Waals surface area (Å²) >= 11 is 31.7. The minimum Gasteiger partial charge on any atom is -0.748 e. The topological polar surface area (TPSA) is 325 Å². The number of amides is 3. The van der Waals surface area contributed by atoms with Crippen LogP contribution < -0.4 is 40.9 Å². The predicted octanol–water partition coefficient (Wildman–Crippen LogP) is 16.3. The fraction of sp³-hybridized carbons (Fsp3) is 0.354. The van der Waals surface area contributed by atoms with Crippen molar-refractivity contribution in [3.63, 3.8) is 0 Å². The van der Waals surface area contributed by atoms with E-state index in [1.807, 2.05) is 67.6 Å². The SMILES string of the molecule is CC(CN1/C(=C/C2Sc3ccc(Cl)cc3N2CC(C)S(=O)(=O)[O-])Sc2ccc(Cl)cc21)S(=O)(=O)[O-].CCCCCc1ccc(OCCCC(=O)Nc2ccc(Cl)c(NC(=O)C(C(=O)C(C)(C)C)n3cnc(Cl)n3)c2)cc1.CC[NH+](CC)CC.Cc1ccccc1C(=O)CC(=O)Nc1ccc(S(=O)ONc2ccccc2)cc1Cl. The van der Waals surface area contributed by atoms with E-state index in [1.165, 1.54) is 112 Å². The van der Waals surface area contributed by atoms with E-state index in [4.69, 9.17) is 67.0 Å². The van der Waals surface area contributed by atoms with Crippen LogP contribution in [0.15, 0.2) is 184 Å². The number of nitrogens with one attached hydrogen (secondary N) is 5. The molecule has 0 radical (unpaired) electrons. The quantitative estimate of drug-likeness (QED) is 0.00860. The molecule has 24 nitrogen and oxygen atoms in total. The Bertz CT molecular complexity index is 4880. The number of halogens is 5. The lowest BCUT2D eigenvalue weighted by Crippen LogP contribution is -3.11. The number of para-hydroxylation sites is 1. The highest BCUT2D eigenvalue weighted by Crippen LogP contribution is 2.51. The van der Waals surface area contributed by atoms with Gasteiger partial charge in [-0.3, -0.25) is 29.5 Å². The van der Waals surface area contributed by atoms with Crippen LogP contribution in [0.4, 0.5) is 34.1 Å². The first-order valence-corrected chi connectivity index (χ1v) is 43.8. The number of fused-ring (bicyclic) bond motifs is 2. The van der Waals surface area contributed by atoms with Crippen molar-refractivity contribution in [1.82, 2.24) is 14.8 Å². The van der Waals surface area contributed by atoms with Crippen molar-refractivity contribution in [3.8, 4) is 5.75 Å². The molecule has 34 heteroatoms. The Morgan fingerprint density at radius 1 is 0.681 bits per heavy atom. The van der Waals surface area contributed by atoms with Crippen molar-refractivity contribution in [3.05, 3.63) is 211 Å². The number of carbonyl (C=O) groups is 5. The molecule has 5 unspecified atom stereocenters. The number of thioether (sulfide) groups is 2. The second kappa shape index (κ2) is 43.9. The molecule has 0 saturated carbocycles. The van der Waals surface area contributed by atoms with E-state index in [9.17, 15) is 54.1 Å². The maximum atomic E-state index is 13.2. The lowest BCUT2D eigenvalue weighted by Gasteiger charge is -2.30. The van der Waals surface area contributed by atoms with Gasteiger partial charge in [0.2, 0.25) is 28.2 Å². The summed E-state index contributed by atoms with van der Waals surface area (Å²) in [5.41, 5.74) is 7.38. The van der Waals surface area contributed by atoms with Gasteiger partial charge in [-0.25, -0.2) is 30.7 Å². The van der Waals surface area contributed by atoms with E-state index in [1.54, 1.807) is 96.1 Å². The lowest BCUT2D eigenvalue weighted by atomic mass is 9.86. The summed E-state index contributed by atoms with van der Waals surface area (Å²) in [6, 6.07) is 42.5. The number of anilines is 6. The van der Waals surface area contributed by atoms with Crippen LogP contribution in [0, 0.1) is 12.3 Å². The average Bonchev–Trinajstić information content (AvgIpc) is 1.61.